The standard InChI is InChI=1S/C12H22N4/c1-4-10(2)16(15-11(3)13)9-12-5-7-14-8-6-12/h4,12,14H,1-2,5-9H2,3H3,(H2,13,15). The lowest BCUT2D eigenvalue weighted by Crippen LogP contribution is -2.34. The summed E-state index contributed by atoms with van der Waals surface area (Å²) < 4.78 is 0. The van der Waals surface area contributed by atoms with Crippen LogP contribution in [0, 0.1) is 5.92 Å². The predicted molar refractivity (Wildman–Crippen MR) is 68.9 cm³/mol. The maximum Gasteiger partial charge on any atom is 0.117 e. The van der Waals surface area contributed by atoms with Crippen molar-refractivity contribution in [1.29, 1.82) is 0 Å². The first-order chi connectivity index (χ1) is 7.63. The minimum atomic E-state index is 0.553. The molecule has 0 bridgehead atoms. The molecule has 0 saturated carbocycles. The van der Waals surface area contributed by atoms with Crippen LogP contribution in [0.15, 0.2) is 30.0 Å². The lowest BCUT2D eigenvalue weighted by Gasteiger charge is -2.28. The third-order valence-electron chi connectivity index (χ3n) is 2.74. The second kappa shape index (κ2) is 6.33. The molecule has 0 unspecified atom stereocenters. The number of amidine groups is 1. The predicted octanol–water partition coefficient (Wildman–Crippen LogP) is 1.28. The van der Waals surface area contributed by atoms with E-state index in [9.17, 15) is 0 Å². The van der Waals surface area contributed by atoms with E-state index in [4.69, 9.17) is 5.73 Å². The van der Waals surface area contributed by atoms with E-state index < -0.39 is 0 Å². The Hall–Kier alpha value is -1.29. The fourth-order valence-corrected chi connectivity index (χ4v) is 1.83. The van der Waals surface area contributed by atoms with Crippen LogP contribution in [0.25, 0.3) is 0 Å². The molecule has 0 aromatic carbocycles. The molecule has 3 N–H and O–H groups in total. The Balaban J connectivity index is 2.58. The van der Waals surface area contributed by atoms with Gasteiger partial charge in [0, 0.05) is 6.54 Å². The number of rotatable bonds is 5. The molecule has 0 atom stereocenters. The van der Waals surface area contributed by atoms with E-state index in [0.29, 0.717) is 11.8 Å². The van der Waals surface area contributed by atoms with Crippen LogP contribution in [0.3, 0.4) is 0 Å². The van der Waals surface area contributed by atoms with Crippen molar-refractivity contribution in [2.24, 2.45) is 16.8 Å². The van der Waals surface area contributed by atoms with Gasteiger partial charge in [-0.3, -0.25) is 5.01 Å². The molecule has 0 aromatic rings. The third kappa shape index (κ3) is 4.06. The zero-order valence-corrected chi connectivity index (χ0v) is 10.1. The molecule has 16 heavy (non-hydrogen) atoms. The third-order valence-corrected chi connectivity index (χ3v) is 2.74. The molecule has 1 aliphatic heterocycles. The van der Waals surface area contributed by atoms with Crippen LogP contribution in [0.4, 0.5) is 0 Å². The molecule has 4 heteroatoms. The Bertz CT molecular complexity index is 273. The first-order valence-electron chi connectivity index (χ1n) is 5.73. The summed E-state index contributed by atoms with van der Waals surface area (Å²) in [7, 11) is 0. The lowest BCUT2D eigenvalue weighted by atomic mass is 9.98. The average molecular weight is 222 g/mol. The van der Waals surface area contributed by atoms with Gasteiger partial charge in [0.25, 0.3) is 0 Å². The molecule has 1 saturated heterocycles. The van der Waals surface area contributed by atoms with Gasteiger partial charge in [-0.2, -0.15) is 5.10 Å². The monoisotopic (exact) mass is 222 g/mol. The number of hydrogen-bond donors (Lipinski definition) is 2. The van der Waals surface area contributed by atoms with Crippen molar-refractivity contribution in [2.75, 3.05) is 19.6 Å². The molecule has 1 rings (SSSR count). The van der Waals surface area contributed by atoms with Gasteiger partial charge in [0.2, 0.25) is 0 Å². The molecular weight excluding hydrogens is 200 g/mol. The molecule has 1 aliphatic rings. The largest absolute Gasteiger partial charge is 0.386 e. The van der Waals surface area contributed by atoms with Crippen molar-refractivity contribution in [3.63, 3.8) is 0 Å². The maximum absolute atomic E-state index is 5.61. The van der Waals surface area contributed by atoms with Gasteiger partial charge in [-0.05, 0) is 44.8 Å². The molecule has 1 fully saturated rings. The van der Waals surface area contributed by atoms with Crippen molar-refractivity contribution in [1.82, 2.24) is 10.3 Å². The SMILES string of the molecule is C=CC(=C)N(CC1CCNCC1)/N=C(/C)N. The van der Waals surface area contributed by atoms with Crippen LogP contribution in [0.1, 0.15) is 19.8 Å². The van der Waals surface area contributed by atoms with Crippen LogP contribution < -0.4 is 11.1 Å². The highest BCUT2D eigenvalue weighted by molar-refractivity contribution is 5.77. The molecular formula is C12H22N4. The fraction of sp³-hybridized carbons (Fsp3) is 0.583. The van der Waals surface area contributed by atoms with Crippen LogP contribution in [0.5, 0.6) is 0 Å². The van der Waals surface area contributed by atoms with Crippen molar-refractivity contribution in [2.45, 2.75) is 19.8 Å². The zero-order valence-electron chi connectivity index (χ0n) is 10.1. The van der Waals surface area contributed by atoms with E-state index in [1.54, 1.807) is 13.0 Å². The van der Waals surface area contributed by atoms with E-state index in [1.165, 1.54) is 12.8 Å². The maximum atomic E-state index is 5.61. The highest BCUT2D eigenvalue weighted by Gasteiger charge is 2.16. The molecule has 4 nitrogen and oxygen atoms in total. The molecule has 90 valence electrons. The Morgan fingerprint density at radius 3 is 2.69 bits per heavy atom. The van der Waals surface area contributed by atoms with Gasteiger partial charge >= 0.3 is 0 Å². The van der Waals surface area contributed by atoms with E-state index in [1.807, 2.05) is 5.01 Å². The minimum Gasteiger partial charge on any atom is -0.386 e. The van der Waals surface area contributed by atoms with Crippen LogP contribution >= 0.6 is 0 Å². The van der Waals surface area contributed by atoms with Gasteiger partial charge < -0.3 is 11.1 Å². The molecule has 0 spiro atoms. The fourth-order valence-electron chi connectivity index (χ4n) is 1.83. The Morgan fingerprint density at radius 2 is 2.19 bits per heavy atom. The number of piperidine rings is 1. The number of nitrogens with two attached hydrogens (primary N) is 1. The summed E-state index contributed by atoms with van der Waals surface area (Å²) in [5.74, 6) is 1.21. The summed E-state index contributed by atoms with van der Waals surface area (Å²) in [4.78, 5) is 0. The topological polar surface area (TPSA) is 53.6 Å². The first-order valence-corrected chi connectivity index (χ1v) is 5.73. The Kier molecular flexibility index (Phi) is 5.05. The quantitative estimate of drug-likeness (QED) is 0.319. The number of allylic oxidation sites excluding steroid dienone is 1. The van der Waals surface area contributed by atoms with Gasteiger partial charge in [0.1, 0.15) is 5.84 Å². The minimum absolute atomic E-state index is 0.553. The second-order valence-corrected chi connectivity index (χ2v) is 4.21. The Morgan fingerprint density at radius 1 is 1.56 bits per heavy atom. The molecule has 0 radical (unpaired) electrons. The zero-order chi connectivity index (χ0) is 12.0. The summed E-state index contributed by atoms with van der Waals surface area (Å²) >= 11 is 0. The molecule has 0 aliphatic carbocycles. The van der Waals surface area contributed by atoms with E-state index >= 15 is 0 Å². The number of hydrazone groups is 1. The molecule has 1 heterocycles. The highest BCUT2D eigenvalue weighted by Crippen LogP contribution is 2.16. The summed E-state index contributed by atoms with van der Waals surface area (Å²) in [6.07, 6.45) is 4.08. The van der Waals surface area contributed by atoms with Crippen molar-refractivity contribution in [3.05, 3.63) is 24.9 Å². The summed E-state index contributed by atoms with van der Waals surface area (Å²) in [6, 6.07) is 0. The van der Waals surface area contributed by atoms with Crippen molar-refractivity contribution in [3.8, 4) is 0 Å². The van der Waals surface area contributed by atoms with Gasteiger partial charge in [-0.25, -0.2) is 0 Å². The van der Waals surface area contributed by atoms with E-state index in [0.717, 1.165) is 25.3 Å². The van der Waals surface area contributed by atoms with Crippen LogP contribution in [-0.4, -0.2) is 30.5 Å². The average Bonchev–Trinajstić information content (AvgIpc) is 2.28. The molecule has 0 aromatic heterocycles. The first kappa shape index (κ1) is 12.8. The van der Waals surface area contributed by atoms with E-state index in [-0.39, 0.29) is 0 Å². The highest BCUT2D eigenvalue weighted by atomic mass is 15.5. The summed E-state index contributed by atoms with van der Waals surface area (Å²) in [5.41, 5.74) is 6.42. The summed E-state index contributed by atoms with van der Waals surface area (Å²) in [6.45, 7) is 12.5. The van der Waals surface area contributed by atoms with Gasteiger partial charge in [-0.15, -0.1) is 0 Å². The Labute approximate surface area is 97.9 Å². The van der Waals surface area contributed by atoms with Crippen LogP contribution in [-0.2, 0) is 0 Å². The normalized spacial score (nSPS) is 18.2. The lowest BCUT2D eigenvalue weighted by molar-refractivity contribution is 0.259. The summed E-state index contributed by atoms with van der Waals surface area (Å²) in [5, 5.41) is 9.49. The number of nitrogens with one attached hydrogen (secondary N) is 1. The molecule has 0 amide bonds. The van der Waals surface area contributed by atoms with Gasteiger partial charge in [0.05, 0.1) is 5.70 Å². The van der Waals surface area contributed by atoms with Crippen LogP contribution in [0.2, 0.25) is 0 Å². The number of nitrogens with zero attached hydrogens (tertiary/aromatic N) is 2. The smallest absolute Gasteiger partial charge is 0.117 e. The van der Waals surface area contributed by atoms with Gasteiger partial charge in [-0.1, -0.05) is 13.2 Å². The van der Waals surface area contributed by atoms with E-state index in [2.05, 4.69) is 23.6 Å². The second-order valence-electron chi connectivity index (χ2n) is 4.21. The van der Waals surface area contributed by atoms with Crippen molar-refractivity contribution < 1.29 is 0 Å². The number of hydrogen-bond acceptors (Lipinski definition) is 3. The van der Waals surface area contributed by atoms with Gasteiger partial charge in [0.15, 0.2) is 0 Å². The van der Waals surface area contributed by atoms with Crippen molar-refractivity contribution >= 4 is 5.84 Å².